The average molecular weight is 465 g/mol. The zero-order chi connectivity index (χ0) is 23.8. The molecule has 2 aromatic rings. The molecule has 0 aliphatic carbocycles. The Morgan fingerprint density at radius 1 is 0.438 bits per heavy atom. The molecule has 172 valence electrons. The number of nitrogens with zero attached hydrogens (tertiary/aromatic N) is 4. The van der Waals surface area contributed by atoms with Gasteiger partial charge < -0.3 is 18.3 Å². The lowest BCUT2D eigenvalue weighted by atomic mass is 10.2. The van der Waals surface area contributed by atoms with Gasteiger partial charge in [0.2, 0.25) is 0 Å². The van der Waals surface area contributed by atoms with Crippen molar-refractivity contribution in [3.05, 3.63) is 82.2 Å². The first kappa shape index (κ1) is 24.8. The number of hydrogen-bond acceptors (Lipinski definition) is 4. The summed E-state index contributed by atoms with van der Waals surface area (Å²) in [5.41, 5.74) is 2.70. The maximum absolute atomic E-state index is 2.54. The lowest BCUT2D eigenvalue weighted by Crippen LogP contribution is -2.72. The Kier molecular flexibility index (Phi) is 7.15. The summed E-state index contributed by atoms with van der Waals surface area (Å²) >= 11 is 0. The van der Waals surface area contributed by atoms with Crippen molar-refractivity contribution in [1.82, 2.24) is 18.3 Å². The summed E-state index contributed by atoms with van der Waals surface area (Å²) in [6, 6.07) is 22.2. The van der Waals surface area contributed by atoms with Gasteiger partial charge in [-0.3, -0.25) is 0 Å². The van der Waals surface area contributed by atoms with Crippen LogP contribution in [0.3, 0.4) is 0 Å². The molecule has 32 heavy (non-hydrogen) atoms. The maximum atomic E-state index is 2.54. The van der Waals surface area contributed by atoms with Gasteiger partial charge >= 0.3 is 0 Å². The van der Waals surface area contributed by atoms with Gasteiger partial charge in [0.1, 0.15) is 0 Å². The normalized spacial score (nSPS) is 18.4. The number of allylic oxidation sites excluding steroid dienone is 2. The summed E-state index contributed by atoms with van der Waals surface area (Å²) in [5.74, 6) is 0. The third-order valence-corrected chi connectivity index (χ3v) is 18.2. The lowest BCUT2D eigenvalue weighted by Gasteiger charge is -2.56. The molecule has 0 aromatic heterocycles. The molecular formula is C26H40N4Si2. The van der Waals surface area contributed by atoms with Crippen molar-refractivity contribution in [3.63, 3.8) is 0 Å². The van der Waals surface area contributed by atoms with Crippen LogP contribution in [-0.2, 0) is 0 Å². The Morgan fingerprint density at radius 2 is 0.719 bits per heavy atom. The number of hydrogen-bond donors (Lipinski definition) is 0. The van der Waals surface area contributed by atoms with Gasteiger partial charge in [-0.1, -0.05) is 60.7 Å². The minimum atomic E-state index is -2.48. The van der Waals surface area contributed by atoms with E-state index in [0.717, 1.165) is 0 Å². The van der Waals surface area contributed by atoms with Gasteiger partial charge in [0, 0.05) is 0 Å². The molecule has 0 unspecified atom stereocenters. The summed E-state index contributed by atoms with van der Waals surface area (Å²) in [7, 11) is 13.4. The first-order chi connectivity index (χ1) is 15.0. The fourth-order valence-corrected chi connectivity index (χ4v) is 18.5. The molecule has 0 spiro atoms. The minimum Gasteiger partial charge on any atom is -0.311 e. The highest BCUT2D eigenvalue weighted by Gasteiger charge is 2.59. The van der Waals surface area contributed by atoms with E-state index in [1.165, 1.54) is 21.5 Å². The van der Waals surface area contributed by atoms with Crippen LogP contribution in [-0.4, -0.2) is 91.4 Å². The topological polar surface area (TPSA) is 13.0 Å². The van der Waals surface area contributed by atoms with E-state index in [-0.39, 0.29) is 0 Å². The molecule has 6 heteroatoms. The Balaban J connectivity index is 2.63. The van der Waals surface area contributed by atoms with Crippen LogP contribution in [0.5, 0.6) is 0 Å². The Labute approximate surface area is 197 Å². The molecule has 0 amide bonds. The molecule has 1 heterocycles. The fourth-order valence-electron chi connectivity index (χ4n) is 6.36. The van der Waals surface area contributed by atoms with E-state index < -0.39 is 16.8 Å². The highest BCUT2D eigenvalue weighted by molar-refractivity contribution is 7.12. The van der Waals surface area contributed by atoms with Gasteiger partial charge in [-0.25, -0.2) is 0 Å². The van der Waals surface area contributed by atoms with Crippen molar-refractivity contribution in [2.45, 2.75) is 13.8 Å². The number of rotatable bonds is 6. The van der Waals surface area contributed by atoms with Crippen LogP contribution < -0.4 is 0 Å². The third-order valence-electron chi connectivity index (χ3n) is 7.21. The molecule has 0 fully saturated rings. The average Bonchev–Trinajstić information content (AvgIpc) is 2.73. The van der Waals surface area contributed by atoms with Crippen molar-refractivity contribution in [2.24, 2.45) is 0 Å². The lowest BCUT2D eigenvalue weighted by molar-refractivity contribution is 0.493. The van der Waals surface area contributed by atoms with Crippen LogP contribution in [0.2, 0.25) is 0 Å². The van der Waals surface area contributed by atoms with Crippen LogP contribution in [0, 0.1) is 0 Å². The van der Waals surface area contributed by atoms with Crippen LogP contribution in [0.25, 0.3) is 10.4 Å². The second-order valence-electron chi connectivity index (χ2n) is 9.65. The first-order valence-corrected chi connectivity index (χ1v) is 15.1. The van der Waals surface area contributed by atoms with Gasteiger partial charge in [-0.15, -0.1) is 0 Å². The summed E-state index contributed by atoms with van der Waals surface area (Å²) < 4.78 is 10.1. The summed E-state index contributed by atoms with van der Waals surface area (Å²) in [4.78, 5) is 0. The molecule has 0 saturated heterocycles. The van der Waals surface area contributed by atoms with Crippen LogP contribution >= 0.6 is 0 Å². The van der Waals surface area contributed by atoms with Crippen molar-refractivity contribution in [3.8, 4) is 0 Å². The van der Waals surface area contributed by atoms with Crippen molar-refractivity contribution >= 4 is 27.2 Å². The Morgan fingerprint density at radius 3 is 0.969 bits per heavy atom. The molecule has 0 saturated carbocycles. The largest absolute Gasteiger partial charge is 0.311 e. The Hall–Kier alpha value is -1.81. The smallest absolute Gasteiger partial charge is 0.272 e. The highest BCUT2D eigenvalue weighted by Crippen LogP contribution is 2.51. The fraction of sp³-hybridized carbons (Fsp3) is 0.385. The zero-order valence-corrected chi connectivity index (χ0v) is 23.6. The molecule has 0 N–H and O–H groups in total. The van der Waals surface area contributed by atoms with Crippen LogP contribution in [0.15, 0.2) is 71.1 Å². The quantitative estimate of drug-likeness (QED) is 0.593. The van der Waals surface area contributed by atoms with E-state index in [0.29, 0.717) is 0 Å². The maximum Gasteiger partial charge on any atom is 0.272 e. The van der Waals surface area contributed by atoms with Gasteiger partial charge in [0.15, 0.2) is 0 Å². The van der Waals surface area contributed by atoms with Gasteiger partial charge in [0.05, 0.1) is 0 Å². The highest BCUT2D eigenvalue weighted by atomic mass is 28.4. The van der Waals surface area contributed by atoms with Crippen molar-refractivity contribution in [2.75, 3.05) is 56.4 Å². The molecule has 0 bridgehead atoms. The van der Waals surface area contributed by atoms with Crippen LogP contribution in [0.4, 0.5) is 0 Å². The summed E-state index contributed by atoms with van der Waals surface area (Å²) in [5, 5.41) is 6.16. The molecule has 1 aliphatic rings. The number of benzene rings is 2. The summed E-state index contributed by atoms with van der Waals surface area (Å²) in [6.45, 7) is 4.82. The Bertz CT molecular complexity index is 925. The standard InChI is InChI=1S/C26H40N4Si2/c1-21-25(23-17-13-11-14-18-23)32(29(7)8,30(9)10)26(24-19-15-12-16-20-24)22(2)31(21,27(3)4)28(5)6/h11-20H,1-10H3. The van der Waals surface area contributed by atoms with E-state index in [4.69, 9.17) is 0 Å². The van der Waals surface area contributed by atoms with E-state index in [1.807, 2.05) is 0 Å². The molecule has 0 atom stereocenters. The molecule has 3 rings (SSSR count). The SMILES string of the molecule is CC1=C(c2ccccc2)[Si](N(C)C)(N(C)C)C(c2ccccc2)=C(C)[Si]1(N(C)C)N(C)C. The monoisotopic (exact) mass is 464 g/mol. The second-order valence-corrected chi connectivity index (χ2v) is 18.4. The molecular weight excluding hydrogens is 424 g/mol. The predicted molar refractivity (Wildman–Crippen MR) is 144 cm³/mol. The van der Waals surface area contributed by atoms with E-state index in [9.17, 15) is 0 Å². The van der Waals surface area contributed by atoms with E-state index >= 15 is 0 Å². The van der Waals surface area contributed by atoms with Gasteiger partial charge in [-0.2, -0.15) is 0 Å². The first-order valence-electron chi connectivity index (χ1n) is 11.3. The van der Waals surface area contributed by atoms with Crippen molar-refractivity contribution in [1.29, 1.82) is 0 Å². The minimum absolute atomic E-state index is 1.35. The molecule has 2 aromatic carbocycles. The second kappa shape index (κ2) is 9.21. The van der Waals surface area contributed by atoms with Gasteiger partial charge in [0.25, 0.3) is 16.8 Å². The zero-order valence-electron chi connectivity index (χ0n) is 21.6. The molecule has 4 nitrogen and oxygen atoms in total. The summed E-state index contributed by atoms with van der Waals surface area (Å²) in [6.07, 6.45) is 0. The van der Waals surface area contributed by atoms with E-state index in [2.05, 4.69) is 149 Å². The van der Waals surface area contributed by atoms with Crippen molar-refractivity contribution < 1.29 is 0 Å². The van der Waals surface area contributed by atoms with E-state index in [1.54, 1.807) is 10.4 Å². The molecule has 0 radical (unpaired) electrons. The van der Waals surface area contributed by atoms with Crippen LogP contribution in [0.1, 0.15) is 25.0 Å². The van der Waals surface area contributed by atoms with Gasteiger partial charge in [-0.05, 0) is 102 Å². The predicted octanol–water partition coefficient (Wildman–Crippen LogP) is 4.24. The third kappa shape index (κ3) is 3.41. The molecule has 1 aliphatic heterocycles.